The van der Waals surface area contributed by atoms with Gasteiger partial charge in [-0.1, -0.05) is 38.9 Å². The highest BCUT2D eigenvalue weighted by Crippen LogP contribution is 2.25. The van der Waals surface area contributed by atoms with Gasteiger partial charge in [-0.25, -0.2) is 0 Å². The van der Waals surface area contributed by atoms with Crippen LogP contribution in [0, 0.1) is 13.8 Å². The summed E-state index contributed by atoms with van der Waals surface area (Å²) in [5.41, 5.74) is 2.17. The van der Waals surface area contributed by atoms with Crippen LogP contribution in [0.1, 0.15) is 51.0 Å². The third-order valence-electron chi connectivity index (χ3n) is 3.92. The van der Waals surface area contributed by atoms with Gasteiger partial charge in [-0.3, -0.25) is 4.79 Å². The maximum Gasteiger partial charge on any atom is 0.266 e. The molecule has 0 bridgehead atoms. The Morgan fingerprint density at radius 3 is 2.50 bits per heavy atom. The first kappa shape index (κ1) is 18.0. The smallest absolute Gasteiger partial charge is 0.266 e. The fraction of sp³-hybridized carbons (Fsp3) is 0.474. The van der Waals surface area contributed by atoms with Crippen molar-refractivity contribution >= 4 is 11.7 Å². The molecule has 0 spiro atoms. The van der Waals surface area contributed by atoms with Gasteiger partial charge in [-0.05, 0) is 43.5 Å². The monoisotopic (exact) mass is 330 g/mol. The molecule has 1 amide bonds. The second-order valence-electron chi connectivity index (χ2n) is 7.08. The molecule has 1 aromatic carbocycles. The third kappa shape index (κ3) is 4.37. The van der Waals surface area contributed by atoms with E-state index in [9.17, 15) is 4.79 Å². The van der Waals surface area contributed by atoms with Crippen molar-refractivity contribution < 1.29 is 14.1 Å². The van der Waals surface area contributed by atoms with Crippen LogP contribution >= 0.6 is 0 Å². The molecule has 1 atom stereocenters. The molecule has 5 nitrogen and oxygen atoms in total. The van der Waals surface area contributed by atoms with E-state index in [0.717, 1.165) is 11.3 Å². The summed E-state index contributed by atoms with van der Waals surface area (Å²) in [6.45, 7) is 12.0. The highest BCUT2D eigenvalue weighted by molar-refractivity contribution is 5.93. The van der Waals surface area contributed by atoms with E-state index in [-0.39, 0.29) is 11.3 Å². The molecule has 0 fully saturated rings. The molecule has 2 aromatic rings. The molecule has 24 heavy (non-hydrogen) atoms. The van der Waals surface area contributed by atoms with E-state index in [4.69, 9.17) is 9.26 Å². The van der Waals surface area contributed by atoms with E-state index in [2.05, 4.69) is 10.5 Å². The first-order valence-electron chi connectivity index (χ1n) is 8.22. The quantitative estimate of drug-likeness (QED) is 0.883. The van der Waals surface area contributed by atoms with Crippen LogP contribution in [0.2, 0.25) is 0 Å². The number of carbonyl (C=O) groups excluding carboxylic acids is 1. The molecule has 0 aliphatic rings. The first-order chi connectivity index (χ1) is 11.2. The Labute approximate surface area is 143 Å². The average Bonchev–Trinajstić information content (AvgIpc) is 2.97. The number of aromatic nitrogens is 1. The van der Waals surface area contributed by atoms with Crippen LogP contribution in [0.4, 0.5) is 5.82 Å². The van der Waals surface area contributed by atoms with Crippen LogP contribution in [0.15, 0.2) is 28.8 Å². The van der Waals surface area contributed by atoms with Gasteiger partial charge in [0.05, 0.1) is 0 Å². The summed E-state index contributed by atoms with van der Waals surface area (Å²) in [7, 11) is 0. The number of hydrogen-bond donors (Lipinski definition) is 1. The Morgan fingerprint density at radius 2 is 1.96 bits per heavy atom. The molecular weight excluding hydrogens is 304 g/mol. The number of hydrogen-bond acceptors (Lipinski definition) is 4. The molecule has 1 N–H and O–H groups in total. The van der Waals surface area contributed by atoms with Crippen molar-refractivity contribution in [2.45, 2.75) is 59.5 Å². The van der Waals surface area contributed by atoms with Gasteiger partial charge in [-0.2, -0.15) is 0 Å². The highest BCUT2D eigenvalue weighted by atomic mass is 16.5. The molecule has 2 rings (SSSR count). The lowest BCUT2D eigenvalue weighted by molar-refractivity contribution is -0.122. The number of benzene rings is 1. The lowest BCUT2D eigenvalue weighted by Crippen LogP contribution is -2.32. The number of rotatable bonds is 5. The van der Waals surface area contributed by atoms with E-state index in [1.54, 1.807) is 6.07 Å². The van der Waals surface area contributed by atoms with Crippen molar-refractivity contribution in [1.29, 1.82) is 0 Å². The summed E-state index contributed by atoms with van der Waals surface area (Å²) in [6.07, 6.45) is -0.0233. The summed E-state index contributed by atoms with van der Waals surface area (Å²) in [5.74, 6) is 1.59. The predicted molar refractivity (Wildman–Crippen MR) is 94.5 cm³/mol. The number of amides is 1. The largest absolute Gasteiger partial charge is 0.481 e. The number of aryl methyl sites for hydroxylation is 2. The molecule has 0 saturated carbocycles. The Kier molecular flexibility index (Phi) is 5.32. The fourth-order valence-corrected chi connectivity index (χ4v) is 2.17. The molecule has 1 heterocycles. The second-order valence-corrected chi connectivity index (χ2v) is 7.08. The standard InChI is InChI=1S/C19H26N2O3/c1-7-15(23-14-9-8-12(2)13(3)10-14)18(22)20-17-11-16(24-21-17)19(4,5)6/h8-11,15H,7H2,1-6H3,(H,20,21,22). The Bertz CT molecular complexity index is 714. The zero-order valence-electron chi connectivity index (χ0n) is 15.3. The SMILES string of the molecule is CCC(Oc1ccc(C)c(C)c1)C(=O)Nc1cc(C(C)(C)C)on1. The van der Waals surface area contributed by atoms with Crippen LogP contribution in [0.25, 0.3) is 0 Å². The van der Waals surface area contributed by atoms with Crippen molar-refractivity contribution in [3.63, 3.8) is 0 Å². The topological polar surface area (TPSA) is 64.4 Å². The van der Waals surface area contributed by atoms with Gasteiger partial charge < -0.3 is 14.6 Å². The van der Waals surface area contributed by atoms with Crippen molar-refractivity contribution in [2.75, 3.05) is 5.32 Å². The maximum absolute atomic E-state index is 12.4. The zero-order valence-corrected chi connectivity index (χ0v) is 15.3. The lowest BCUT2D eigenvalue weighted by atomic mass is 9.93. The van der Waals surface area contributed by atoms with Crippen molar-refractivity contribution in [1.82, 2.24) is 5.16 Å². The first-order valence-corrected chi connectivity index (χ1v) is 8.22. The van der Waals surface area contributed by atoms with E-state index in [0.29, 0.717) is 18.0 Å². The number of carbonyl (C=O) groups is 1. The van der Waals surface area contributed by atoms with Gasteiger partial charge in [0.2, 0.25) is 0 Å². The average molecular weight is 330 g/mol. The van der Waals surface area contributed by atoms with Crippen LogP contribution in [-0.2, 0) is 10.2 Å². The lowest BCUT2D eigenvalue weighted by Gasteiger charge is -2.17. The molecule has 130 valence electrons. The van der Waals surface area contributed by atoms with Crippen LogP contribution in [0.5, 0.6) is 5.75 Å². The molecule has 0 aliphatic heterocycles. The molecular formula is C19H26N2O3. The summed E-state index contributed by atoms with van der Waals surface area (Å²) in [6, 6.07) is 7.56. The molecule has 0 aliphatic carbocycles. The van der Waals surface area contributed by atoms with Gasteiger partial charge in [0, 0.05) is 11.5 Å². The predicted octanol–water partition coefficient (Wildman–Crippen LogP) is 4.39. The number of ether oxygens (including phenoxy) is 1. The minimum absolute atomic E-state index is 0.157. The van der Waals surface area contributed by atoms with Gasteiger partial charge in [-0.15, -0.1) is 0 Å². The van der Waals surface area contributed by atoms with Gasteiger partial charge in [0.1, 0.15) is 11.5 Å². The van der Waals surface area contributed by atoms with Gasteiger partial charge in [0.15, 0.2) is 11.9 Å². The van der Waals surface area contributed by atoms with Crippen molar-refractivity contribution in [3.8, 4) is 5.75 Å². The van der Waals surface area contributed by atoms with E-state index >= 15 is 0 Å². The highest BCUT2D eigenvalue weighted by Gasteiger charge is 2.23. The van der Waals surface area contributed by atoms with Gasteiger partial charge in [0.25, 0.3) is 5.91 Å². The summed E-state index contributed by atoms with van der Waals surface area (Å²) < 4.78 is 11.1. The second kappa shape index (κ2) is 7.07. The summed E-state index contributed by atoms with van der Waals surface area (Å²) >= 11 is 0. The van der Waals surface area contributed by atoms with Crippen LogP contribution < -0.4 is 10.1 Å². The molecule has 1 aromatic heterocycles. The molecule has 5 heteroatoms. The summed E-state index contributed by atoms with van der Waals surface area (Å²) in [5, 5.41) is 6.67. The maximum atomic E-state index is 12.4. The Hall–Kier alpha value is -2.30. The van der Waals surface area contributed by atoms with Crippen LogP contribution in [0.3, 0.4) is 0 Å². The number of anilines is 1. The third-order valence-corrected chi connectivity index (χ3v) is 3.92. The Balaban J connectivity index is 2.05. The van der Waals surface area contributed by atoms with Crippen LogP contribution in [-0.4, -0.2) is 17.2 Å². The van der Waals surface area contributed by atoms with Crippen molar-refractivity contribution in [2.24, 2.45) is 0 Å². The fourth-order valence-electron chi connectivity index (χ4n) is 2.17. The Morgan fingerprint density at radius 1 is 1.25 bits per heavy atom. The zero-order chi connectivity index (χ0) is 17.9. The molecule has 1 unspecified atom stereocenters. The van der Waals surface area contributed by atoms with Crippen molar-refractivity contribution in [3.05, 3.63) is 41.2 Å². The number of nitrogens with zero attached hydrogens (tertiary/aromatic N) is 1. The normalized spacial score (nSPS) is 12.8. The minimum atomic E-state index is -0.582. The van der Waals surface area contributed by atoms with E-state index in [1.165, 1.54) is 5.56 Å². The van der Waals surface area contributed by atoms with Gasteiger partial charge >= 0.3 is 0 Å². The van der Waals surface area contributed by atoms with E-state index in [1.807, 2.05) is 59.7 Å². The minimum Gasteiger partial charge on any atom is -0.481 e. The van der Waals surface area contributed by atoms with E-state index < -0.39 is 6.10 Å². The molecule has 0 saturated heterocycles. The summed E-state index contributed by atoms with van der Waals surface area (Å²) in [4.78, 5) is 12.4. The molecule has 0 radical (unpaired) electrons. The number of nitrogens with one attached hydrogen (secondary N) is 1.